The number of unbranched alkanes of at least 4 members (excludes halogenated alkanes) is 3. The molecule has 4 heteroatoms. The van der Waals surface area contributed by atoms with E-state index >= 15 is 0 Å². The first-order chi connectivity index (χ1) is 11.0. The summed E-state index contributed by atoms with van der Waals surface area (Å²) in [6, 6.07) is 6.27. The molecule has 1 aromatic heterocycles. The van der Waals surface area contributed by atoms with E-state index in [4.69, 9.17) is 10.5 Å². The zero-order chi connectivity index (χ0) is 16.7. The lowest BCUT2D eigenvalue weighted by atomic mass is 9.89. The molecule has 2 aromatic rings. The summed E-state index contributed by atoms with van der Waals surface area (Å²) in [5.41, 5.74) is 8.56. The molecule has 2 rings (SSSR count). The number of H-pyrrole nitrogens is 1. The Morgan fingerprint density at radius 3 is 2.54 bits per heavy atom. The second kappa shape index (κ2) is 9.95. The Hall–Kier alpha value is -1.19. The van der Waals surface area contributed by atoms with Crippen molar-refractivity contribution >= 4 is 23.3 Å². The van der Waals surface area contributed by atoms with Crippen molar-refractivity contribution in [1.29, 1.82) is 0 Å². The quantitative estimate of drug-likeness (QED) is 0.588. The molecule has 1 aromatic carbocycles. The number of aromatic amines is 1. The maximum absolute atomic E-state index is 5.92. The van der Waals surface area contributed by atoms with Crippen molar-refractivity contribution in [1.82, 2.24) is 4.98 Å². The van der Waals surface area contributed by atoms with Crippen LogP contribution in [0.4, 0.5) is 0 Å². The molecule has 0 unspecified atom stereocenters. The molecule has 24 heavy (non-hydrogen) atoms. The van der Waals surface area contributed by atoms with E-state index in [9.17, 15) is 0 Å². The number of nitrogens with two attached hydrogens (primary N) is 1. The van der Waals surface area contributed by atoms with Crippen molar-refractivity contribution in [2.45, 2.75) is 59.3 Å². The van der Waals surface area contributed by atoms with Crippen LogP contribution in [0.5, 0.6) is 5.75 Å². The first-order valence-electron chi connectivity index (χ1n) is 8.92. The number of rotatable bonds is 9. The summed E-state index contributed by atoms with van der Waals surface area (Å²) in [6.07, 6.45) is 9.26. The monoisotopic (exact) mass is 352 g/mol. The lowest BCUT2D eigenvalue weighted by Gasteiger charge is -2.17. The Kier molecular flexibility index (Phi) is 8.65. The van der Waals surface area contributed by atoms with E-state index in [0.29, 0.717) is 12.0 Å². The third kappa shape index (κ3) is 6.74. The highest BCUT2D eigenvalue weighted by atomic mass is 35.5. The van der Waals surface area contributed by atoms with Gasteiger partial charge in [-0.25, -0.2) is 0 Å². The summed E-state index contributed by atoms with van der Waals surface area (Å²) < 4.78 is 5.92. The molecule has 0 spiro atoms. The summed E-state index contributed by atoms with van der Waals surface area (Å²) in [6.45, 7) is 8.41. The Morgan fingerprint density at radius 1 is 1.08 bits per heavy atom. The van der Waals surface area contributed by atoms with E-state index in [2.05, 4.69) is 44.1 Å². The van der Waals surface area contributed by atoms with Crippen LogP contribution in [0, 0.1) is 5.41 Å². The van der Waals surface area contributed by atoms with Gasteiger partial charge in [0, 0.05) is 17.1 Å². The average molecular weight is 353 g/mol. The van der Waals surface area contributed by atoms with Gasteiger partial charge in [0.1, 0.15) is 5.75 Å². The summed E-state index contributed by atoms with van der Waals surface area (Å²) in [5.74, 6) is 0.963. The number of benzene rings is 1. The standard InChI is InChI=1S/C20H32N2O.ClH/c1-20(2,3)11-6-4-5-7-13-23-17-8-9-19-18(14-17)16(10-12-21)15-22-19;/h8-9,14-15,22H,4-7,10-13,21H2,1-3H3;1H. The topological polar surface area (TPSA) is 51.0 Å². The largest absolute Gasteiger partial charge is 0.494 e. The van der Waals surface area contributed by atoms with Gasteiger partial charge in [0.15, 0.2) is 0 Å². The maximum Gasteiger partial charge on any atom is 0.120 e. The van der Waals surface area contributed by atoms with Gasteiger partial charge in [0.05, 0.1) is 6.61 Å². The fourth-order valence-corrected chi connectivity index (χ4v) is 2.91. The number of fused-ring (bicyclic) bond motifs is 1. The molecule has 0 saturated heterocycles. The second-order valence-corrected chi connectivity index (χ2v) is 7.63. The van der Waals surface area contributed by atoms with Crippen LogP contribution in [0.3, 0.4) is 0 Å². The molecule has 0 aliphatic carbocycles. The fraction of sp³-hybridized carbons (Fsp3) is 0.600. The van der Waals surface area contributed by atoms with Crippen molar-refractivity contribution in [2.24, 2.45) is 11.1 Å². The van der Waals surface area contributed by atoms with Crippen molar-refractivity contribution in [3.05, 3.63) is 30.0 Å². The highest BCUT2D eigenvalue weighted by molar-refractivity contribution is 5.85. The minimum absolute atomic E-state index is 0. The van der Waals surface area contributed by atoms with Crippen LogP contribution in [0.25, 0.3) is 10.9 Å². The van der Waals surface area contributed by atoms with Gasteiger partial charge in [-0.1, -0.05) is 40.0 Å². The maximum atomic E-state index is 5.92. The van der Waals surface area contributed by atoms with E-state index in [1.54, 1.807) is 0 Å². The molecule has 136 valence electrons. The first-order valence-corrected chi connectivity index (χ1v) is 8.92. The van der Waals surface area contributed by atoms with E-state index in [0.717, 1.165) is 30.7 Å². The molecule has 1 heterocycles. The Labute approximate surface area is 152 Å². The summed E-state index contributed by atoms with van der Waals surface area (Å²) in [5, 5.41) is 1.23. The molecule has 3 N–H and O–H groups in total. The highest BCUT2D eigenvalue weighted by Crippen LogP contribution is 2.25. The number of hydrogen-bond acceptors (Lipinski definition) is 2. The Bertz CT molecular complexity index is 601. The third-order valence-corrected chi connectivity index (χ3v) is 4.24. The zero-order valence-electron chi connectivity index (χ0n) is 15.4. The third-order valence-electron chi connectivity index (χ3n) is 4.24. The van der Waals surface area contributed by atoms with Crippen molar-refractivity contribution < 1.29 is 4.74 Å². The molecule has 0 aliphatic rings. The van der Waals surface area contributed by atoms with E-state index in [1.807, 2.05) is 6.07 Å². The minimum Gasteiger partial charge on any atom is -0.494 e. The van der Waals surface area contributed by atoms with Gasteiger partial charge in [-0.2, -0.15) is 0 Å². The van der Waals surface area contributed by atoms with Crippen LogP contribution in [-0.4, -0.2) is 18.1 Å². The van der Waals surface area contributed by atoms with Crippen LogP contribution in [0.1, 0.15) is 58.4 Å². The molecule has 3 nitrogen and oxygen atoms in total. The molecule has 0 fully saturated rings. The van der Waals surface area contributed by atoms with Crippen LogP contribution >= 0.6 is 12.4 Å². The normalized spacial score (nSPS) is 11.5. The molecule has 0 aliphatic heterocycles. The molecule has 0 saturated carbocycles. The molecular weight excluding hydrogens is 320 g/mol. The van der Waals surface area contributed by atoms with Gasteiger partial charge in [0.25, 0.3) is 0 Å². The smallest absolute Gasteiger partial charge is 0.120 e. The fourth-order valence-electron chi connectivity index (χ4n) is 2.91. The molecule has 0 amide bonds. The van der Waals surface area contributed by atoms with Crippen LogP contribution < -0.4 is 10.5 Å². The lowest BCUT2D eigenvalue weighted by molar-refractivity contribution is 0.300. The molecule has 0 radical (unpaired) electrons. The molecular formula is C20H33ClN2O. The van der Waals surface area contributed by atoms with Crippen LogP contribution in [0.15, 0.2) is 24.4 Å². The van der Waals surface area contributed by atoms with Gasteiger partial charge in [-0.15, -0.1) is 12.4 Å². The number of ether oxygens (including phenoxy) is 1. The summed E-state index contributed by atoms with van der Waals surface area (Å²) in [7, 11) is 0. The average Bonchev–Trinajstić information content (AvgIpc) is 2.88. The Balaban J connectivity index is 0.00000288. The van der Waals surface area contributed by atoms with Crippen molar-refractivity contribution in [3.8, 4) is 5.75 Å². The van der Waals surface area contributed by atoms with Gasteiger partial charge >= 0.3 is 0 Å². The second-order valence-electron chi connectivity index (χ2n) is 7.63. The molecule has 0 bridgehead atoms. The predicted molar refractivity (Wildman–Crippen MR) is 106 cm³/mol. The van der Waals surface area contributed by atoms with Gasteiger partial charge in [-0.3, -0.25) is 0 Å². The first kappa shape index (κ1) is 20.9. The van der Waals surface area contributed by atoms with Gasteiger partial charge < -0.3 is 15.5 Å². The lowest BCUT2D eigenvalue weighted by Crippen LogP contribution is -2.04. The number of nitrogens with one attached hydrogen (secondary N) is 1. The molecule has 0 atom stereocenters. The van der Waals surface area contributed by atoms with Gasteiger partial charge in [0.2, 0.25) is 0 Å². The van der Waals surface area contributed by atoms with Crippen molar-refractivity contribution in [3.63, 3.8) is 0 Å². The predicted octanol–water partition coefficient (Wildman–Crippen LogP) is 5.47. The number of hydrogen-bond donors (Lipinski definition) is 2. The van der Waals surface area contributed by atoms with E-state index in [1.165, 1.54) is 36.6 Å². The minimum atomic E-state index is 0. The van der Waals surface area contributed by atoms with Crippen LogP contribution in [-0.2, 0) is 6.42 Å². The van der Waals surface area contributed by atoms with E-state index < -0.39 is 0 Å². The van der Waals surface area contributed by atoms with Crippen molar-refractivity contribution in [2.75, 3.05) is 13.2 Å². The number of aromatic nitrogens is 1. The highest BCUT2D eigenvalue weighted by Gasteiger charge is 2.08. The summed E-state index contributed by atoms with van der Waals surface area (Å²) >= 11 is 0. The van der Waals surface area contributed by atoms with Crippen LogP contribution in [0.2, 0.25) is 0 Å². The summed E-state index contributed by atoms with van der Waals surface area (Å²) in [4.78, 5) is 3.29. The van der Waals surface area contributed by atoms with E-state index in [-0.39, 0.29) is 12.4 Å². The Morgan fingerprint density at radius 2 is 1.83 bits per heavy atom. The SMILES string of the molecule is CC(C)(C)CCCCCCOc1ccc2[nH]cc(CCN)c2c1.Cl. The number of halogens is 1. The zero-order valence-corrected chi connectivity index (χ0v) is 16.2. The van der Waals surface area contributed by atoms with Gasteiger partial charge in [-0.05, 0) is 55.0 Å².